The second-order valence-corrected chi connectivity index (χ2v) is 5.07. The van der Waals surface area contributed by atoms with Crippen molar-refractivity contribution >= 4 is 21.6 Å². The Balaban J connectivity index is 2.84. The lowest BCUT2D eigenvalue weighted by molar-refractivity contribution is 0.141. The molecule has 0 unspecified atom stereocenters. The highest BCUT2D eigenvalue weighted by atomic mass is 79.9. The molecular weight excluding hydrogens is 320 g/mol. The van der Waals surface area contributed by atoms with Gasteiger partial charge in [0.15, 0.2) is 0 Å². The molecule has 0 N–H and O–H groups in total. The fourth-order valence-corrected chi connectivity index (χ4v) is 2.20. The molecule has 0 aromatic heterocycles. The monoisotopic (exact) mass is 340 g/mol. The first-order chi connectivity index (χ1) is 9.72. The van der Waals surface area contributed by atoms with Crippen molar-refractivity contribution in [1.82, 2.24) is 0 Å². The fraction of sp³-hybridized carbons (Fsp3) is 0.533. The molecule has 0 atom stereocenters. The van der Waals surface area contributed by atoms with Gasteiger partial charge in [-0.2, -0.15) is 5.26 Å². The minimum atomic E-state index is 0.639. The van der Waals surface area contributed by atoms with Gasteiger partial charge in [-0.05, 0) is 32.0 Å². The molecule has 0 aliphatic rings. The van der Waals surface area contributed by atoms with Crippen molar-refractivity contribution in [1.29, 1.82) is 5.26 Å². The van der Waals surface area contributed by atoms with Crippen LogP contribution >= 0.6 is 15.9 Å². The van der Waals surface area contributed by atoms with Crippen LogP contribution in [0.15, 0.2) is 22.7 Å². The smallest absolute Gasteiger partial charge is 0.101 e. The van der Waals surface area contributed by atoms with Gasteiger partial charge in [0.1, 0.15) is 6.07 Å². The standard InChI is InChI=1S/C15H21BrN2O2/c1-3-19-9-7-18(8-10-20-4-2)15-11-14(16)6-5-13(15)12-17/h5-6,11H,3-4,7-10H2,1-2H3. The molecule has 4 nitrogen and oxygen atoms in total. The molecular formula is C15H21BrN2O2. The van der Waals surface area contributed by atoms with Crippen molar-refractivity contribution in [3.05, 3.63) is 28.2 Å². The third kappa shape index (κ3) is 5.49. The quantitative estimate of drug-likeness (QED) is 0.647. The SMILES string of the molecule is CCOCCN(CCOCC)c1cc(Br)ccc1C#N. The molecule has 1 aromatic rings. The normalized spacial score (nSPS) is 10.3. The first-order valence-corrected chi connectivity index (χ1v) is 7.62. The summed E-state index contributed by atoms with van der Waals surface area (Å²) < 4.78 is 11.8. The first kappa shape index (κ1) is 17.0. The molecule has 0 spiro atoms. The van der Waals surface area contributed by atoms with E-state index in [9.17, 15) is 5.26 Å². The van der Waals surface area contributed by atoms with Gasteiger partial charge in [0.25, 0.3) is 0 Å². The lowest BCUT2D eigenvalue weighted by atomic mass is 10.1. The number of anilines is 1. The molecule has 5 heteroatoms. The molecule has 110 valence electrons. The van der Waals surface area contributed by atoms with E-state index in [4.69, 9.17) is 9.47 Å². The molecule has 0 aliphatic heterocycles. The first-order valence-electron chi connectivity index (χ1n) is 6.83. The van der Waals surface area contributed by atoms with Gasteiger partial charge in [0.05, 0.1) is 24.5 Å². The van der Waals surface area contributed by atoms with E-state index in [0.29, 0.717) is 32.0 Å². The van der Waals surface area contributed by atoms with Crippen LogP contribution in [-0.2, 0) is 9.47 Å². The van der Waals surface area contributed by atoms with Crippen LogP contribution in [0.2, 0.25) is 0 Å². The Morgan fingerprint density at radius 3 is 2.25 bits per heavy atom. The second-order valence-electron chi connectivity index (χ2n) is 4.15. The van der Waals surface area contributed by atoms with E-state index in [1.807, 2.05) is 32.0 Å². The molecule has 0 radical (unpaired) electrons. The molecule has 0 amide bonds. The predicted molar refractivity (Wildman–Crippen MR) is 84.1 cm³/mol. The number of benzene rings is 1. The topological polar surface area (TPSA) is 45.5 Å². The van der Waals surface area contributed by atoms with Gasteiger partial charge >= 0.3 is 0 Å². The Labute approximate surface area is 129 Å². The summed E-state index contributed by atoms with van der Waals surface area (Å²) in [5, 5.41) is 9.25. The van der Waals surface area contributed by atoms with Crippen molar-refractivity contribution in [2.24, 2.45) is 0 Å². The lowest BCUT2D eigenvalue weighted by Gasteiger charge is -2.25. The summed E-state index contributed by atoms with van der Waals surface area (Å²) in [5.74, 6) is 0. The third-order valence-electron chi connectivity index (χ3n) is 2.84. The van der Waals surface area contributed by atoms with Crippen LogP contribution in [0.1, 0.15) is 19.4 Å². The summed E-state index contributed by atoms with van der Waals surface area (Å²) >= 11 is 3.46. The van der Waals surface area contributed by atoms with Crippen molar-refractivity contribution in [3.63, 3.8) is 0 Å². The van der Waals surface area contributed by atoms with E-state index >= 15 is 0 Å². The zero-order chi connectivity index (χ0) is 14.8. The molecule has 20 heavy (non-hydrogen) atoms. The van der Waals surface area contributed by atoms with Gasteiger partial charge in [-0.15, -0.1) is 0 Å². The Bertz CT molecular complexity index is 436. The maximum absolute atomic E-state index is 9.25. The summed E-state index contributed by atoms with van der Waals surface area (Å²) in [6.07, 6.45) is 0. The molecule has 0 saturated heterocycles. The van der Waals surface area contributed by atoms with Crippen molar-refractivity contribution in [2.75, 3.05) is 44.4 Å². The Kier molecular flexibility index (Phi) is 8.28. The van der Waals surface area contributed by atoms with Crippen LogP contribution in [0, 0.1) is 11.3 Å². The molecule has 0 aliphatic carbocycles. The van der Waals surface area contributed by atoms with Crippen LogP contribution in [0.4, 0.5) is 5.69 Å². The summed E-state index contributed by atoms with van der Waals surface area (Å²) in [6, 6.07) is 7.92. The largest absolute Gasteiger partial charge is 0.380 e. The third-order valence-corrected chi connectivity index (χ3v) is 3.33. The van der Waals surface area contributed by atoms with Crippen molar-refractivity contribution in [3.8, 4) is 6.07 Å². The predicted octanol–water partition coefficient (Wildman–Crippen LogP) is 3.20. The highest BCUT2D eigenvalue weighted by Crippen LogP contribution is 2.24. The number of hydrogen-bond donors (Lipinski definition) is 0. The van der Waals surface area contributed by atoms with Gasteiger partial charge in [-0.25, -0.2) is 0 Å². The maximum atomic E-state index is 9.25. The molecule has 0 fully saturated rings. The highest BCUT2D eigenvalue weighted by Gasteiger charge is 2.12. The number of nitriles is 1. The van der Waals surface area contributed by atoms with Gasteiger partial charge in [0.2, 0.25) is 0 Å². The molecule has 0 bridgehead atoms. The highest BCUT2D eigenvalue weighted by molar-refractivity contribution is 9.10. The maximum Gasteiger partial charge on any atom is 0.101 e. The van der Waals surface area contributed by atoms with Gasteiger partial charge < -0.3 is 14.4 Å². The molecule has 1 aromatic carbocycles. The number of nitrogens with zero attached hydrogens (tertiary/aromatic N) is 2. The summed E-state index contributed by atoms with van der Waals surface area (Å²) in [7, 11) is 0. The van der Waals surface area contributed by atoms with Crippen LogP contribution in [0.25, 0.3) is 0 Å². The van der Waals surface area contributed by atoms with Crippen LogP contribution < -0.4 is 4.90 Å². The summed E-state index contributed by atoms with van der Waals surface area (Å²) in [6.45, 7) is 8.11. The van der Waals surface area contributed by atoms with Crippen LogP contribution in [0.5, 0.6) is 0 Å². The van der Waals surface area contributed by atoms with Crippen LogP contribution in [-0.4, -0.2) is 39.5 Å². The molecule has 1 rings (SSSR count). The Morgan fingerprint density at radius 1 is 1.15 bits per heavy atom. The number of rotatable bonds is 9. The van der Waals surface area contributed by atoms with Gasteiger partial charge in [-0.3, -0.25) is 0 Å². The van der Waals surface area contributed by atoms with Crippen LogP contribution in [0.3, 0.4) is 0 Å². The minimum absolute atomic E-state index is 0.639. The summed E-state index contributed by atoms with van der Waals surface area (Å²) in [4.78, 5) is 2.13. The van der Waals surface area contributed by atoms with E-state index in [-0.39, 0.29) is 0 Å². The van der Waals surface area contributed by atoms with E-state index in [0.717, 1.165) is 23.2 Å². The van der Waals surface area contributed by atoms with Crippen molar-refractivity contribution in [2.45, 2.75) is 13.8 Å². The Hall–Kier alpha value is -1.09. The zero-order valence-electron chi connectivity index (χ0n) is 12.1. The molecule has 0 saturated carbocycles. The number of halogens is 1. The molecule has 0 heterocycles. The lowest BCUT2D eigenvalue weighted by Crippen LogP contribution is -2.31. The summed E-state index contributed by atoms with van der Waals surface area (Å²) in [5.41, 5.74) is 1.59. The Morgan fingerprint density at radius 2 is 1.75 bits per heavy atom. The van der Waals surface area contributed by atoms with E-state index in [1.165, 1.54) is 0 Å². The number of hydrogen-bond acceptors (Lipinski definition) is 4. The fourth-order valence-electron chi connectivity index (χ4n) is 1.85. The van der Waals surface area contributed by atoms with Gasteiger partial charge in [-0.1, -0.05) is 15.9 Å². The zero-order valence-corrected chi connectivity index (χ0v) is 13.6. The van der Waals surface area contributed by atoms with E-state index < -0.39 is 0 Å². The second kappa shape index (κ2) is 9.76. The van der Waals surface area contributed by atoms with E-state index in [2.05, 4.69) is 26.9 Å². The van der Waals surface area contributed by atoms with Gasteiger partial charge in [0, 0.05) is 30.8 Å². The minimum Gasteiger partial charge on any atom is -0.380 e. The average molecular weight is 341 g/mol. The van der Waals surface area contributed by atoms with Crippen molar-refractivity contribution < 1.29 is 9.47 Å². The number of ether oxygens (including phenoxy) is 2. The van der Waals surface area contributed by atoms with E-state index in [1.54, 1.807) is 0 Å². The average Bonchev–Trinajstić information content (AvgIpc) is 2.46.